The molecule has 3 aromatic heterocycles. The van der Waals surface area contributed by atoms with Gasteiger partial charge in [0.2, 0.25) is 0 Å². The number of halogens is 1. The van der Waals surface area contributed by atoms with E-state index in [4.69, 9.17) is 16.3 Å². The third-order valence-corrected chi connectivity index (χ3v) is 5.51. The van der Waals surface area contributed by atoms with Gasteiger partial charge in [0.15, 0.2) is 0 Å². The largest absolute Gasteiger partial charge is 0.378 e. The molecule has 31 heavy (non-hydrogen) atoms. The summed E-state index contributed by atoms with van der Waals surface area (Å²) in [7, 11) is 1.65. The molecule has 0 atom stereocenters. The maximum atomic E-state index is 6.30. The van der Waals surface area contributed by atoms with Crippen molar-refractivity contribution in [2.24, 2.45) is 0 Å². The Balaban J connectivity index is 1.66. The highest BCUT2D eigenvalue weighted by molar-refractivity contribution is 6.30. The van der Waals surface area contributed by atoms with Crippen molar-refractivity contribution in [1.29, 1.82) is 0 Å². The van der Waals surface area contributed by atoms with Gasteiger partial charge in [-0.2, -0.15) is 0 Å². The predicted molar refractivity (Wildman–Crippen MR) is 117 cm³/mol. The molecule has 0 fully saturated rings. The Hall–Kier alpha value is -3.47. The van der Waals surface area contributed by atoms with Gasteiger partial charge in [-0.3, -0.25) is 9.55 Å². The molecule has 4 heterocycles. The van der Waals surface area contributed by atoms with Gasteiger partial charge in [0.1, 0.15) is 17.7 Å². The average molecular weight is 431 g/mol. The van der Waals surface area contributed by atoms with Crippen molar-refractivity contribution in [1.82, 2.24) is 29.5 Å². The molecule has 8 heteroatoms. The standard InChI is InChI=1S/C23H19ClN6O/c1-3-15-8-16(12-25-11-15)4-6-18-21-10-22-19(13-31-2)27-28-30(22)23-9-17(24)5-7-20(23)29(21)14-26-18/h5,7-9,11-12,14H,3,10,13H2,1-2H3. The zero-order valence-electron chi connectivity index (χ0n) is 17.1. The molecular weight excluding hydrogens is 412 g/mol. The number of pyridine rings is 1. The van der Waals surface area contributed by atoms with Crippen LogP contribution < -0.4 is 0 Å². The van der Waals surface area contributed by atoms with Gasteiger partial charge in [0, 0.05) is 36.5 Å². The van der Waals surface area contributed by atoms with Crippen molar-refractivity contribution < 1.29 is 4.74 Å². The summed E-state index contributed by atoms with van der Waals surface area (Å²) in [5.74, 6) is 6.45. The van der Waals surface area contributed by atoms with Crippen LogP contribution in [0.4, 0.5) is 0 Å². The van der Waals surface area contributed by atoms with E-state index in [1.165, 1.54) is 0 Å². The molecule has 1 aliphatic rings. The molecule has 0 unspecified atom stereocenters. The first-order valence-electron chi connectivity index (χ1n) is 9.92. The number of methoxy groups -OCH3 is 1. The second kappa shape index (κ2) is 7.99. The number of hydrogen-bond acceptors (Lipinski definition) is 5. The van der Waals surface area contributed by atoms with Gasteiger partial charge >= 0.3 is 0 Å². The number of imidazole rings is 1. The summed E-state index contributed by atoms with van der Waals surface area (Å²) in [6, 6.07) is 7.76. The normalized spacial score (nSPS) is 11.7. The summed E-state index contributed by atoms with van der Waals surface area (Å²) in [4.78, 5) is 8.88. The van der Waals surface area contributed by atoms with Crippen LogP contribution in [0.25, 0.3) is 11.4 Å². The van der Waals surface area contributed by atoms with E-state index in [9.17, 15) is 0 Å². The Morgan fingerprint density at radius 2 is 2.03 bits per heavy atom. The van der Waals surface area contributed by atoms with Gasteiger partial charge in [-0.15, -0.1) is 5.10 Å². The van der Waals surface area contributed by atoms with Gasteiger partial charge in [-0.05, 0) is 42.2 Å². The lowest BCUT2D eigenvalue weighted by Gasteiger charge is -2.09. The topological polar surface area (TPSA) is 70.7 Å². The third kappa shape index (κ3) is 3.50. The third-order valence-electron chi connectivity index (χ3n) is 5.28. The fourth-order valence-electron chi connectivity index (χ4n) is 3.72. The van der Waals surface area contributed by atoms with Crippen molar-refractivity contribution in [2.75, 3.05) is 7.11 Å². The lowest BCUT2D eigenvalue weighted by molar-refractivity contribution is 0.180. The Morgan fingerprint density at radius 3 is 2.87 bits per heavy atom. The molecule has 0 spiro atoms. The molecule has 1 aliphatic heterocycles. The SMILES string of the molecule is CCc1cncc(C#Cc2ncn3c2Cc2c(COC)nnn2-c2cc(Cl)ccc2-3)c1. The highest BCUT2D eigenvalue weighted by Crippen LogP contribution is 2.31. The minimum atomic E-state index is 0.371. The molecule has 154 valence electrons. The molecule has 0 radical (unpaired) electrons. The van der Waals surface area contributed by atoms with E-state index in [2.05, 4.69) is 45.1 Å². The number of aryl methyl sites for hydroxylation is 1. The van der Waals surface area contributed by atoms with E-state index in [-0.39, 0.29) is 0 Å². The van der Waals surface area contributed by atoms with Crippen LogP contribution in [0.1, 0.15) is 40.8 Å². The van der Waals surface area contributed by atoms with E-state index >= 15 is 0 Å². The summed E-state index contributed by atoms with van der Waals surface area (Å²) < 4.78 is 9.20. The smallest absolute Gasteiger partial charge is 0.135 e. The molecule has 7 nitrogen and oxygen atoms in total. The Labute approximate surface area is 184 Å². The molecule has 0 aliphatic carbocycles. The van der Waals surface area contributed by atoms with Crippen LogP contribution in [-0.2, 0) is 24.2 Å². The minimum Gasteiger partial charge on any atom is -0.378 e. The van der Waals surface area contributed by atoms with Crippen molar-refractivity contribution in [3.8, 4) is 23.2 Å². The number of rotatable bonds is 3. The average Bonchev–Trinajstić information content (AvgIpc) is 3.34. The lowest BCUT2D eigenvalue weighted by atomic mass is 10.1. The predicted octanol–water partition coefficient (Wildman–Crippen LogP) is 3.51. The van der Waals surface area contributed by atoms with Crippen LogP contribution in [0.5, 0.6) is 0 Å². The maximum Gasteiger partial charge on any atom is 0.135 e. The summed E-state index contributed by atoms with van der Waals surface area (Å²) >= 11 is 6.30. The second-order valence-corrected chi connectivity index (χ2v) is 7.67. The van der Waals surface area contributed by atoms with Crippen molar-refractivity contribution in [3.05, 3.63) is 81.9 Å². The van der Waals surface area contributed by atoms with E-state index in [1.54, 1.807) is 19.6 Å². The first-order valence-corrected chi connectivity index (χ1v) is 10.3. The Kier molecular flexibility index (Phi) is 5.02. The summed E-state index contributed by atoms with van der Waals surface area (Å²) in [5, 5.41) is 9.33. The Bertz CT molecular complexity index is 1340. The number of nitrogens with zero attached hydrogens (tertiary/aromatic N) is 6. The molecule has 0 amide bonds. The summed E-state index contributed by atoms with van der Waals surface area (Å²) in [6.45, 7) is 2.47. The highest BCUT2D eigenvalue weighted by Gasteiger charge is 2.25. The zero-order chi connectivity index (χ0) is 21.4. The number of aromatic nitrogens is 6. The first-order chi connectivity index (χ1) is 15.2. The van der Waals surface area contributed by atoms with E-state index in [0.717, 1.165) is 46.0 Å². The number of fused-ring (bicyclic) bond motifs is 5. The first kappa shape index (κ1) is 19.5. The van der Waals surface area contributed by atoms with Crippen LogP contribution >= 0.6 is 11.6 Å². The number of hydrogen-bond donors (Lipinski definition) is 0. The zero-order valence-corrected chi connectivity index (χ0v) is 17.9. The van der Waals surface area contributed by atoms with Gasteiger partial charge in [0.25, 0.3) is 0 Å². The van der Waals surface area contributed by atoms with Gasteiger partial charge < -0.3 is 4.74 Å². The monoisotopic (exact) mass is 430 g/mol. The van der Waals surface area contributed by atoms with Gasteiger partial charge in [-0.25, -0.2) is 9.67 Å². The highest BCUT2D eigenvalue weighted by atomic mass is 35.5. The van der Waals surface area contributed by atoms with Gasteiger partial charge in [-0.1, -0.05) is 29.7 Å². The van der Waals surface area contributed by atoms with E-state index < -0.39 is 0 Å². The summed E-state index contributed by atoms with van der Waals surface area (Å²) in [5.41, 5.74) is 7.17. The fraction of sp³-hybridized carbons (Fsp3) is 0.217. The number of benzene rings is 1. The van der Waals surface area contributed by atoms with Crippen LogP contribution in [-0.4, -0.2) is 36.6 Å². The van der Waals surface area contributed by atoms with E-state index in [1.807, 2.05) is 33.6 Å². The van der Waals surface area contributed by atoms with Gasteiger partial charge in [0.05, 0.1) is 29.4 Å². The Morgan fingerprint density at radius 1 is 1.13 bits per heavy atom. The minimum absolute atomic E-state index is 0.371. The molecule has 0 N–H and O–H groups in total. The fourth-order valence-corrected chi connectivity index (χ4v) is 3.88. The summed E-state index contributed by atoms with van der Waals surface area (Å²) in [6.07, 6.45) is 6.91. The van der Waals surface area contributed by atoms with Crippen LogP contribution in [0.15, 0.2) is 43.0 Å². The molecule has 0 saturated carbocycles. The molecule has 0 bridgehead atoms. The molecule has 1 aromatic carbocycles. The van der Waals surface area contributed by atoms with E-state index in [0.29, 0.717) is 23.7 Å². The molecular formula is C23H19ClN6O. The quantitative estimate of drug-likeness (QED) is 0.409. The molecule has 0 saturated heterocycles. The maximum absolute atomic E-state index is 6.30. The van der Waals surface area contributed by atoms with Crippen LogP contribution in [0.2, 0.25) is 5.02 Å². The number of ether oxygens (including phenoxy) is 1. The van der Waals surface area contributed by atoms with Crippen LogP contribution in [0.3, 0.4) is 0 Å². The molecule has 4 aromatic rings. The lowest BCUT2D eigenvalue weighted by Crippen LogP contribution is -2.04. The van der Waals surface area contributed by atoms with Crippen molar-refractivity contribution in [2.45, 2.75) is 26.4 Å². The van der Waals surface area contributed by atoms with Crippen molar-refractivity contribution >= 4 is 11.6 Å². The second-order valence-electron chi connectivity index (χ2n) is 7.23. The van der Waals surface area contributed by atoms with Crippen molar-refractivity contribution in [3.63, 3.8) is 0 Å². The van der Waals surface area contributed by atoms with Crippen LogP contribution in [0, 0.1) is 11.8 Å². The molecule has 5 rings (SSSR count).